The number of carbonyl (C=O) groups is 2. The molecule has 0 aromatic heterocycles. The van der Waals surface area contributed by atoms with Gasteiger partial charge >= 0.3 is 0 Å². The highest BCUT2D eigenvalue weighted by atomic mass is 16.7. The van der Waals surface area contributed by atoms with Gasteiger partial charge in [0.15, 0.2) is 17.9 Å². The molecular weight excluding hydrogens is 458 g/mol. The van der Waals surface area contributed by atoms with Crippen molar-refractivity contribution in [3.8, 4) is 11.5 Å². The lowest BCUT2D eigenvalue weighted by molar-refractivity contribution is -0.239. The molecule has 2 aromatic carbocycles. The zero-order valence-corrected chi connectivity index (χ0v) is 19.0. The maximum atomic E-state index is 13.3. The first-order valence-corrected chi connectivity index (χ1v) is 11.4. The minimum atomic E-state index is -1.30. The van der Waals surface area contributed by atoms with Gasteiger partial charge in [-0.2, -0.15) is 0 Å². The lowest BCUT2D eigenvalue weighted by Gasteiger charge is -2.43. The van der Waals surface area contributed by atoms with Crippen LogP contribution >= 0.6 is 0 Å². The number of ether oxygens (including phenoxy) is 2. The Kier molecular flexibility index (Phi) is 5.71. The van der Waals surface area contributed by atoms with Crippen LogP contribution in [0.5, 0.6) is 11.5 Å². The fourth-order valence-electron chi connectivity index (χ4n) is 5.21. The molecule has 0 bridgehead atoms. The van der Waals surface area contributed by atoms with Gasteiger partial charge in [0.05, 0.1) is 36.0 Å². The van der Waals surface area contributed by atoms with Crippen molar-refractivity contribution in [3.05, 3.63) is 57.6 Å². The molecule has 1 unspecified atom stereocenters. The zero-order valence-electron chi connectivity index (χ0n) is 19.0. The number of carbonyl (C=O) groups excluding carboxylic acids is 2. The molecular formula is C25H27NO9. The first-order chi connectivity index (χ1) is 16.5. The molecule has 0 spiro atoms. The molecule has 5 rings (SSSR count). The third kappa shape index (κ3) is 3.65. The summed E-state index contributed by atoms with van der Waals surface area (Å²) < 4.78 is 11.5. The Balaban J connectivity index is 1.66. The summed E-state index contributed by atoms with van der Waals surface area (Å²) in [5, 5.41) is 52.8. The van der Waals surface area contributed by atoms with Crippen molar-refractivity contribution < 1.29 is 44.6 Å². The molecule has 3 aliphatic rings. The van der Waals surface area contributed by atoms with Crippen molar-refractivity contribution in [1.82, 2.24) is 0 Å². The van der Waals surface area contributed by atoms with E-state index in [1.165, 1.54) is 19.1 Å². The van der Waals surface area contributed by atoms with Crippen LogP contribution in [-0.2, 0) is 15.9 Å². The van der Waals surface area contributed by atoms with Crippen LogP contribution in [0, 0.1) is 0 Å². The quantitative estimate of drug-likeness (QED) is 0.285. The Hall–Kier alpha value is -2.86. The van der Waals surface area contributed by atoms with E-state index in [1.54, 1.807) is 12.1 Å². The number of aliphatic hydroxyl groups is 3. The van der Waals surface area contributed by atoms with Gasteiger partial charge in [-0.1, -0.05) is 24.3 Å². The van der Waals surface area contributed by atoms with E-state index in [9.17, 15) is 35.1 Å². The van der Waals surface area contributed by atoms with Crippen molar-refractivity contribution in [2.24, 2.45) is 5.73 Å². The van der Waals surface area contributed by atoms with Crippen LogP contribution in [0.1, 0.15) is 68.8 Å². The number of hydrogen-bond donors (Lipinski definition) is 6. The van der Waals surface area contributed by atoms with E-state index < -0.39 is 59.3 Å². The van der Waals surface area contributed by atoms with E-state index in [2.05, 4.69) is 0 Å². The van der Waals surface area contributed by atoms with Gasteiger partial charge in [-0.15, -0.1) is 0 Å². The van der Waals surface area contributed by atoms with Gasteiger partial charge < -0.3 is 40.7 Å². The number of aromatic hydroxyl groups is 2. The van der Waals surface area contributed by atoms with Crippen LogP contribution in [0.4, 0.5) is 0 Å². The minimum Gasteiger partial charge on any atom is -0.507 e. The number of phenols is 2. The number of phenolic OH excluding ortho intramolecular Hbond substituents is 2. The molecule has 1 heterocycles. The van der Waals surface area contributed by atoms with Crippen molar-refractivity contribution in [3.63, 3.8) is 0 Å². The molecule has 1 aliphatic heterocycles. The largest absolute Gasteiger partial charge is 0.507 e. The van der Waals surface area contributed by atoms with E-state index in [0.29, 0.717) is 0 Å². The number of benzene rings is 2. The maximum absolute atomic E-state index is 13.3. The Morgan fingerprint density at radius 3 is 2.23 bits per heavy atom. The van der Waals surface area contributed by atoms with Gasteiger partial charge in [0.2, 0.25) is 0 Å². The number of aliphatic hydroxyl groups excluding tert-OH is 3. The van der Waals surface area contributed by atoms with Crippen LogP contribution in [-0.4, -0.2) is 73.8 Å². The Labute approximate surface area is 200 Å². The monoisotopic (exact) mass is 485 g/mol. The molecule has 2 aliphatic carbocycles. The lowest BCUT2D eigenvalue weighted by Crippen LogP contribution is -2.55. The molecule has 0 amide bonds. The molecule has 2 aromatic rings. The second-order valence-electron chi connectivity index (χ2n) is 9.59. The summed E-state index contributed by atoms with van der Waals surface area (Å²) in [6.45, 7) is 1.31. The molecule has 0 radical (unpaired) electrons. The van der Waals surface area contributed by atoms with Gasteiger partial charge in [-0.3, -0.25) is 9.59 Å². The molecule has 7 N–H and O–H groups in total. The molecule has 6 atom stereocenters. The van der Waals surface area contributed by atoms with Gasteiger partial charge in [0.25, 0.3) is 0 Å². The summed E-state index contributed by atoms with van der Waals surface area (Å²) in [5.41, 5.74) is 4.95. The molecule has 1 fully saturated rings. The molecule has 35 heavy (non-hydrogen) atoms. The summed E-state index contributed by atoms with van der Waals surface area (Å²) in [6.07, 6.45) is -5.45. The summed E-state index contributed by atoms with van der Waals surface area (Å²) in [4.78, 5) is 26.6. The normalized spacial score (nSPS) is 30.9. The first kappa shape index (κ1) is 23.9. The first-order valence-electron chi connectivity index (χ1n) is 11.4. The number of fused-ring (bicyclic) bond motifs is 3. The summed E-state index contributed by atoms with van der Waals surface area (Å²) in [5.74, 6) is -2.22. The molecule has 10 heteroatoms. The number of rotatable bonds is 3. The standard InChI is InChI=1S/C25H27NO9/c1-10(27)25(26)7-13-18(16(8-25)35-17-6-14(28)15(29)9-34-17)24(33)20-19(23(13)32)21(30)11-4-2-3-5-12(11)22(20)31/h2-5,10,14-17,27-29,32-33H,6-9,26H2,1H3/t10?,14-,15-,16+,17+,25+/m1/s1. The molecule has 0 saturated carbocycles. The summed E-state index contributed by atoms with van der Waals surface area (Å²) in [6, 6.07) is 6.15. The Morgan fingerprint density at radius 1 is 1.06 bits per heavy atom. The molecule has 10 nitrogen and oxygen atoms in total. The van der Waals surface area contributed by atoms with Crippen LogP contribution in [0.3, 0.4) is 0 Å². The number of nitrogens with two attached hydrogens (primary N) is 1. The highest BCUT2D eigenvalue weighted by Crippen LogP contribution is 2.51. The van der Waals surface area contributed by atoms with Gasteiger partial charge in [-0.25, -0.2) is 0 Å². The van der Waals surface area contributed by atoms with E-state index in [0.717, 1.165) is 0 Å². The van der Waals surface area contributed by atoms with Gasteiger partial charge in [-0.05, 0) is 19.8 Å². The van der Waals surface area contributed by atoms with Crippen molar-refractivity contribution in [1.29, 1.82) is 0 Å². The van der Waals surface area contributed by atoms with Crippen LogP contribution in [0.15, 0.2) is 24.3 Å². The topological polar surface area (TPSA) is 180 Å². The van der Waals surface area contributed by atoms with Crippen LogP contribution in [0.25, 0.3) is 0 Å². The van der Waals surface area contributed by atoms with Gasteiger partial charge in [0.1, 0.15) is 17.6 Å². The number of ketones is 2. The van der Waals surface area contributed by atoms with E-state index in [4.69, 9.17) is 15.2 Å². The summed E-state index contributed by atoms with van der Waals surface area (Å²) >= 11 is 0. The zero-order chi connectivity index (χ0) is 25.2. The van der Waals surface area contributed by atoms with E-state index in [-0.39, 0.29) is 59.3 Å². The van der Waals surface area contributed by atoms with Gasteiger partial charge in [0, 0.05) is 34.2 Å². The lowest BCUT2D eigenvalue weighted by atomic mass is 9.70. The third-order valence-electron chi connectivity index (χ3n) is 7.33. The smallest absolute Gasteiger partial charge is 0.198 e. The fraction of sp³-hybridized carbons (Fsp3) is 0.440. The minimum absolute atomic E-state index is 0.0132. The predicted octanol–water partition coefficient (Wildman–Crippen LogP) is 0.424. The number of hydrogen-bond acceptors (Lipinski definition) is 10. The van der Waals surface area contributed by atoms with Crippen LogP contribution < -0.4 is 5.73 Å². The van der Waals surface area contributed by atoms with Crippen LogP contribution in [0.2, 0.25) is 0 Å². The van der Waals surface area contributed by atoms with Crippen molar-refractivity contribution >= 4 is 11.6 Å². The maximum Gasteiger partial charge on any atom is 0.198 e. The average molecular weight is 485 g/mol. The van der Waals surface area contributed by atoms with E-state index >= 15 is 0 Å². The second-order valence-corrected chi connectivity index (χ2v) is 9.59. The SMILES string of the molecule is CC(O)[C@]1(N)Cc2c(O)c3c(c(O)c2[C@@H](O[C@H]2C[C@@H](O)[C@H](O)CO2)C1)C(=O)c1ccccc1C3=O. The Morgan fingerprint density at radius 2 is 1.66 bits per heavy atom. The average Bonchev–Trinajstić information content (AvgIpc) is 2.82. The second kappa shape index (κ2) is 8.37. The molecule has 1 saturated heterocycles. The van der Waals surface area contributed by atoms with Crippen molar-refractivity contribution in [2.75, 3.05) is 6.61 Å². The highest BCUT2D eigenvalue weighted by molar-refractivity contribution is 6.30. The fourth-order valence-corrected chi connectivity index (χ4v) is 5.21. The van der Waals surface area contributed by atoms with Crippen molar-refractivity contribution in [2.45, 2.75) is 62.4 Å². The Bertz CT molecular complexity index is 1230. The summed E-state index contributed by atoms with van der Waals surface area (Å²) in [7, 11) is 0. The highest BCUT2D eigenvalue weighted by Gasteiger charge is 2.47. The third-order valence-corrected chi connectivity index (χ3v) is 7.33. The van der Waals surface area contributed by atoms with E-state index in [1.807, 2.05) is 0 Å². The molecule has 186 valence electrons. The predicted molar refractivity (Wildman–Crippen MR) is 120 cm³/mol.